The van der Waals surface area contributed by atoms with Crippen LogP contribution in [0, 0.1) is 17.8 Å². The van der Waals surface area contributed by atoms with Gasteiger partial charge in [-0.1, -0.05) is 110 Å². The normalized spacial score (nSPS) is 26.8. The molecule has 2 aromatic carbocycles. The molecule has 1 saturated carbocycles. The molecule has 8 rings (SSSR count). The van der Waals surface area contributed by atoms with Crippen LogP contribution >= 0.6 is 0 Å². The molecular weight excluding hydrogens is 518 g/mol. The van der Waals surface area contributed by atoms with Crippen LogP contribution in [-0.4, -0.2) is 12.3 Å². The van der Waals surface area contributed by atoms with Crippen molar-refractivity contribution in [2.24, 2.45) is 22.7 Å². The first-order chi connectivity index (χ1) is 21.3. The lowest BCUT2D eigenvalue weighted by molar-refractivity contribution is 0.421. The first kappa shape index (κ1) is 26.9. The van der Waals surface area contributed by atoms with Gasteiger partial charge in [0, 0.05) is 18.1 Å². The molecule has 43 heavy (non-hydrogen) atoms. The van der Waals surface area contributed by atoms with Gasteiger partial charge in [-0.05, 0) is 118 Å². The van der Waals surface area contributed by atoms with Crippen molar-refractivity contribution in [1.82, 2.24) is 0 Å². The molecular formula is C42H43N. The topological polar surface area (TPSA) is 12.4 Å². The predicted octanol–water partition coefficient (Wildman–Crippen LogP) is 7.17. The molecule has 0 radical (unpaired) electrons. The number of fused-ring (bicyclic) bond motifs is 3. The second-order valence-corrected chi connectivity index (χ2v) is 13.5. The Labute approximate surface area is 256 Å². The van der Waals surface area contributed by atoms with E-state index < -0.39 is 0 Å². The molecule has 6 aliphatic rings. The monoisotopic (exact) mass is 561 g/mol. The summed E-state index contributed by atoms with van der Waals surface area (Å²) < 4.78 is 0. The number of aliphatic imine (C=N–C) groups is 1. The van der Waals surface area contributed by atoms with Crippen molar-refractivity contribution < 1.29 is 0 Å². The van der Waals surface area contributed by atoms with Gasteiger partial charge in [-0.25, -0.2) is 0 Å². The van der Waals surface area contributed by atoms with Gasteiger partial charge in [0.1, 0.15) is 0 Å². The van der Waals surface area contributed by atoms with Gasteiger partial charge in [0.05, 0.1) is 6.04 Å². The van der Waals surface area contributed by atoms with E-state index in [9.17, 15) is 0 Å². The highest BCUT2D eigenvalue weighted by molar-refractivity contribution is 5.95. The van der Waals surface area contributed by atoms with E-state index in [-0.39, 0.29) is 0 Å². The third-order valence-corrected chi connectivity index (χ3v) is 11.0. The zero-order chi connectivity index (χ0) is 28.8. The molecule has 216 valence electrons. The number of dihydropyridines is 1. The van der Waals surface area contributed by atoms with E-state index >= 15 is 0 Å². The quantitative estimate of drug-likeness (QED) is 0.375. The predicted molar refractivity (Wildman–Crippen MR) is 182 cm³/mol. The van der Waals surface area contributed by atoms with Crippen molar-refractivity contribution in [3.8, 4) is 0 Å². The molecule has 0 N–H and O–H groups in total. The zero-order valence-electron chi connectivity index (χ0n) is 25.6. The van der Waals surface area contributed by atoms with Crippen LogP contribution in [0.3, 0.4) is 0 Å². The van der Waals surface area contributed by atoms with E-state index in [0.717, 1.165) is 31.6 Å². The van der Waals surface area contributed by atoms with Crippen LogP contribution in [-0.2, 0) is 0 Å². The molecule has 3 atom stereocenters. The minimum atomic E-state index is 0.374. The van der Waals surface area contributed by atoms with Crippen molar-refractivity contribution in [2.75, 3.05) is 0 Å². The summed E-state index contributed by atoms with van der Waals surface area (Å²) in [6.45, 7) is 2.22. The third kappa shape index (κ3) is 4.82. The SMILES string of the molecule is CC1CC(C2=CC=C(C3=c4ccccc4=C(C4=c5ccccc5=C(C5CCCCC5)CC4)C4C=CC=CC34)CC2)=CC=N1. The second-order valence-electron chi connectivity index (χ2n) is 13.5. The molecule has 1 nitrogen and oxygen atoms in total. The lowest BCUT2D eigenvalue weighted by Gasteiger charge is -2.36. The smallest absolute Gasteiger partial charge is 0.0511 e. The van der Waals surface area contributed by atoms with Crippen LogP contribution in [0.25, 0.3) is 22.3 Å². The van der Waals surface area contributed by atoms with E-state index in [4.69, 9.17) is 0 Å². The minimum absolute atomic E-state index is 0.374. The molecule has 2 aromatic rings. The maximum Gasteiger partial charge on any atom is 0.0511 e. The number of hydrogen-bond donors (Lipinski definition) is 0. The van der Waals surface area contributed by atoms with Gasteiger partial charge in [0.2, 0.25) is 0 Å². The Balaban J connectivity index is 1.34. The summed E-state index contributed by atoms with van der Waals surface area (Å²) in [6.07, 6.45) is 31.3. The summed E-state index contributed by atoms with van der Waals surface area (Å²) in [5.41, 5.74) is 10.9. The van der Waals surface area contributed by atoms with Gasteiger partial charge in [-0.15, -0.1) is 0 Å². The van der Waals surface area contributed by atoms with Crippen molar-refractivity contribution in [3.63, 3.8) is 0 Å². The van der Waals surface area contributed by atoms with Gasteiger partial charge in [0.15, 0.2) is 0 Å². The Morgan fingerprint density at radius 2 is 1.26 bits per heavy atom. The van der Waals surface area contributed by atoms with Gasteiger partial charge in [-0.2, -0.15) is 0 Å². The fourth-order valence-electron chi connectivity index (χ4n) is 9.02. The molecule has 0 aromatic heterocycles. The molecule has 5 aliphatic carbocycles. The van der Waals surface area contributed by atoms with E-state index in [2.05, 4.69) is 103 Å². The molecule has 3 unspecified atom stereocenters. The lowest BCUT2D eigenvalue weighted by Crippen LogP contribution is -2.43. The van der Waals surface area contributed by atoms with E-state index in [1.54, 1.807) is 27.5 Å². The molecule has 0 amide bonds. The summed E-state index contributed by atoms with van der Waals surface area (Å²) in [5.74, 6) is 1.53. The highest BCUT2D eigenvalue weighted by Crippen LogP contribution is 2.44. The fraction of sp³-hybridized carbons (Fsp3) is 0.357. The molecule has 1 heteroatoms. The van der Waals surface area contributed by atoms with Crippen LogP contribution in [0.2, 0.25) is 0 Å². The maximum absolute atomic E-state index is 4.55. The zero-order valence-corrected chi connectivity index (χ0v) is 25.6. The second kappa shape index (κ2) is 11.4. The number of nitrogens with zero attached hydrogens (tertiary/aromatic N) is 1. The van der Waals surface area contributed by atoms with Crippen molar-refractivity contribution in [1.29, 1.82) is 0 Å². The Bertz CT molecular complexity index is 1900. The minimum Gasteiger partial charge on any atom is -0.290 e. The molecule has 0 saturated heterocycles. The standard InChI is InChI=1S/C42H43N/c1-28-27-32(25-26-43-28)29-19-21-31(22-20-29)41-36-15-7-9-17-38(36)42(39-18-10-8-16-37(39)41)40-24-23-33(30-11-3-2-4-12-30)34-13-5-6-14-35(34)40/h5-10,13-19,21,25-26,28,30,36,38H,2-4,11-12,20,22-24,27H2,1H3. The Hall–Kier alpha value is -3.71. The van der Waals surface area contributed by atoms with Crippen LogP contribution in [0.15, 0.2) is 113 Å². The van der Waals surface area contributed by atoms with Gasteiger partial charge < -0.3 is 0 Å². The highest BCUT2D eigenvalue weighted by atomic mass is 14.8. The molecule has 0 spiro atoms. The maximum atomic E-state index is 4.55. The molecule has 1 aliphatic heterocycles. The van der Waals surface area contributed by atoms with Gasteiger partial charge in [0.25, 0.3) is 0 Å². The Kier molecular flexibility index (Phi) is 7.14. The van der Waals surface area contributed by atoms with E-state index in [1.807, 2.05) is 6.21 Å². The lowest BCUT2D eigenvalue weighted by atomic mass is 9.67. The summed E-state index contributed by atoms with van der Waals surface area (Å²) in [4.78, 5) is 4.55. The van der Waals surface area contributed by atoms with Crippen LogP contribution in [0.5, 0.6) is 0 Å². The van der Waals surface area contributed by atoms with Crippen molar-refractivity contribution >= 4 is 28.5 Å². The van der Waals surface area contributed by atoms with E-state index in [0.29, 0.717) is 17.9 Å². The Morgan fingerprint density at radius 1 is 0.605 bits per heavy atom. The summed E-state index contributed by atoms with van der Waals surface area (Å²) >= 11 is 0. The van der Waals surface area contributed by atoms with Crippen molar-refractivity contribution in [2.45, 2.75) is 77.2 Å². The number of hydrogen-bond acceptors (Lipinski definition) is 1. The summed E-state index contributed by atoms with van der Waals surface area (Å²) in [7, 11) is 0. The molecule has 1 fully saturated rings. The average Bonchev–Trinajstić information content (AvgIpc) is 3.07. The fourth-order valence-corrected chi connectivity index (χ4v) is 9.02. The molecule has 0 bridgehead atoms. The third-order valence-electron chi connectivity index (χ3n) is 11.0. The Morgan fingerprint density at radius 3 is 1.98 bits per heavy atom. The average molecular weight is 562 g/mol. The van der Waals surface area contributed by atoms with Gasteiger partial charge >= 0.3 is 0 Å². The van der Waals surface area contributed by atoms with E-state index in [1.165, 1.54) is 70.9 Å². The van der Waals surface area contributed by atoms with Crippen molar-refractivity contribution in [3.05, 3.63) is 129 Å². The largest absolute Gasteiger partial charge is 0.290 e. The highest BCUT2D eigenvalue weighted by Gasteiger charge is 2.34. The summed E-state index contributed by atoms with van der Waals surface area (Å²) in [6, 6.07) is 19.1. The first-order valence-corrected chi connectivity index (χ1v) is 16.9. The summed E-state index contributed by atoms with van der Waals surface area (Å²) in [5, 5.41) is 5.96. The number of benzene rings is 2. The first-order valence-electron chi connectivity index (χ1n) is 16.9. The number of allylic oxidation sites excluding steroid dienone is 9. The number of rotatable bonds is 4. The molecule has 1 heterocycles. The van der Waals surface area contributed by atoms with Gasteiger partial charge in [-0.3, -0.25) is 4.99 Å². The van der Waals surface area contributed by atoms with Crippen LogP contribution in [0.1, 0.15) is 71.1 Å². The van der Waals surface area contributed by atoms with Crippen LogP contribution < -0.4 is 20.9 Å². The van der Waals surface area contributed by atoms with Crippen LogP contribution in [0.4, 0.5) is 0 Å².